The lowest BCUT2D eigenvalue weighted by Crippen LogP contribution is -2.26. The number of aromatic hydroxyl groups is 1. The number of phenolic OH excluding ortho intramolecular Hbond substituents is 1. The molecule has 1 amide bonds. The number of rotatable bonds is 3. The van der Waals surface area contributed by atoms with Crippen LogP contribution in [0.2, 0.25) is 0 Å². The van der Waals surface area contributed by atoms with Crippen LogP contribution in [0.4, 0.5) is 4.39 Å². The van der Waals surface area contributed by atoms with Crippen molar-refractivity contribution in [2.75, 3.05) is 7.05 Å². The Labute approximate surface area is 116 Å². The monoisotopic (exact) mass is 274 g/mol. The maximum absolute atomic E-state index is 12.9. The Morgan fingerprint density at radius 2 is 2.15 bits per heavy atom. The van der Waals surface area contributed by atoms with Gasteiger partial charge < -0.3 is 10.0 Å². The molecule has 0 fully saturated rings. The topological polar surface area (TPSA) is 53.4 Å². The summed E-state index contributed by atoms with van der Waals surface area (Å²) in [5.41, 5.74) is 2.04. The zero-order chi connectivity index (χ0) is 14.7. The molecule has 0 aliphatic carbocycles. The second-order valence-corrected chi connectivity index (χ2v) is 4.62. The van der Waals surface area contributed by atoms with E-state index in [4.69, 9.17) is 0 Å². The Hall–Kier alpha value is -2.43. The zero-order valence-corrected chi connectivity index (χ0v) is 11.3. The van der Waals surface area contributed by atoms with Gasteiger partial charge in [0.25, 0.3) is 5.91 Å². The summed E-state index contributed by atoms with van der Waals surface area (Å²) in [6.07, 6.45) is 3.39. The summed E-state index contributed by atoms with van der Waals surface area (Å²) in [6.45, 7) is 2.31. The van der Waals surface area contributed by atoms with Gasteiger partial charge in [0.15, 0.2) is 0 Å². The smallest absolute Gasteiger partial charge is 0.257 e. The van der Waals surface area contributed by atoms with Crippen molar-refractivity contribution < 1.29 is 14.3 Å². The Kier molecular flexibility index (Phi) is 3.98. The van der Waals surface area contributed by atoms with Gasteiger partial charge in [-0.2, -0.15) is 0 Å². The molecule has 2 rings (SSSR count). The Bertz CT molecular complexity index is 644. The molecule has 1 N–H and O–H groups in total. The number of nitrogens with zero attached hydrogens (tertiary/aromatic N) is 2. The van der Waals surface area contributed by atoms with Crippen molar-refractivity contribution in [2.45, 2.75) is 13.5 Å². The molecule has 0 bridgehead atoms. The maximum Gasteiger partial charge on any atom is 0.257 e. The number of amides is 1. The minimum atomic E-state index is -0.577. The highest BCUT2D eigenvalue weighted by molar-refractivity contribution is 5.96. The predicted molar refractivity (Wildman–Crippen MR) is 72.8 cm³/mol. The van der Waals surface area contributed by atoms with Crippen LogP contribution in [0.25, 0.3) is 0 Å². The van der Waals surface area contributed by atoms with Crippen molar-refractivity contribution in [3.63, 3.8) is 0 Å². The predicted octanol–water partition coefficient (Wildman–Crippen LogP) is 2.51. The highest BCUT2D eigenvalue weighted by Gasteiger charge is 2.17. The van der Waals surface area contributed by atoms with Crippen LogP contribution in [-0.4, -0.2) is 27.9 Å². The number of hydrogen-bond acceptors (Lipinski definition) is 3. The van der Waals surface area contributed by atoms with Gasteiger partial charge in [-0.3, -0.25) is 9.78 Å². The lowest BCUT2D eigenvalue weighted by molar-refractivity contribution is 0.0782. The first kappa shape index (κ1) is 14.0. The number of carbonyl (C=O) groups is 1. The lowest BCUT2D eigenvalue weighted by Gasteiger charge is -2.19. The average molecular weight is 274 g/mol. The van der Waals surface area contributed by atoms with Crippen LogP contribution in [-0.2, 0) is 6.54 Å². The highest BCUT2D eigenvalue weighted by atomic mass is 19.1. The number of carbonyl (C=O) groups excluding carboxylic acids is 1. The molecule has 0 radical (unpaired) electrons. The van der Waals surface area contributed by atoms with Crippen molar-refractivity contribution in [3.05, 3.63) is 59.2 Å². The van der Waals surface area contributed by atoms with Crippen molar-refractivity contribution in [1.82, 2.24) is 9.88 Å². The second-order valence-electron chi connectivity index (χ2n) is 4.62. The van der Waals surface area contributed by atoms with Crippen LogP contribution in [0.3, 0.4) is 0 Å². The minimum Gasteiger partial charge on any atom is -0.507 e. The van der Waals surface area contributed by atoms with E-state index in [2.05, 4.69) is 4.98 Å². The van der Waals surface area contributed by atoms with E-state index >= 15 is 0 Å². The summed E-state index contributed by atoms with van der Waals surface area (Å²) < 4.78 is 12.9. The zero-order valence-electron chi connectivity index (χ0n) is 11.3. The summed E-state index contributed by atoms with van der Waals surface area (Å²) in [6, 6.07) is 5.20. The summed E-state index contributed by atoms with van der Waals surface area (Å²) in [5.74, 6) is -1.29. The fourth-order valence-corrected chi connectivity index (χ4v) is 1.90. The molecule has 0 spiro atoms. The average Bonchev–Trinajstić information content (AvgIpc) is 2.40. The molecule has 0 saturated heterocycles. The van der Waals surface area contributed by atoms with Gasteiger partial charge in [0.1, 0.15) is 11.6 Å². The first-order chi connectivity index (χ1) is 9.49. The molecule has 2 aromatic rings. The summed E-state index contributed by atoms with van der Waals surface area (Å²) in [4.78, 5) is 17.7. The molecule has 0 aliphatic heterocycles. The van der Waals surface area contributed by atoms with Crippen LogP contribution >= 0.6 is 0 Å². The normalized spacial score (nSPS) is 10.3. The first-order valence-electron chi connectivity index (χ1n) is 6.12. The Morgan fingerprint density at radius 3 is 2.80 bits per heavy atom. The third kappa shape index (κ3) is 2.93. The number of phenols is 1. The van der Waals surface area contributed by atoms with Crippen LogP contribution in [0.5, 0.6) is 5.75 Å². The number of aromatic nitrogens is 1. The van der Waals surface area contributed by atoms with E-state index in [1.165, 1.54) is 11.0 Å². The highest BCUT2D eigenvalue weighted by Crippen LogP contribution is 2.20. The molecule has 0 atom stereocenters. The van der Waals surface area contributed by atoms with Crippen LogP contribution in [0.1, 0.15) is 21.5 Å². The van der Waals surface area contributed by atoms with Gasteiger partial charge in [0.05, 0.1) is 5.56 Å². The maximum atomic E-state index is 12.9. The Morgan fingerprint density at radius 1 is 1.40 bits per heavy atom. The number of halogens is 1. The fourth-order valence-electron chi connectivity index (χ4n) is 1.90. The van der Waals surface area contributed by atoms with Crippen molar-refractivity contribution in [3.8, 4) is 5.75 Å². The van der Waals surface area contributed by atoms with Gasteiger partial charge in [-0.15, -0.1) is 0 Å². The lowest BCUT2D eigenvalue weighted by atomic mass is 10.1. The van der Waals surface area contributed by atoms with E-state index in [0.717, 1.165) is 23.3 Å². The molecule has 0 saturated carbocycles. The molecular weight excluding hydrogens is 259 g/mol. The van der Waals surface area contributed by atoms with E-state index < -0.39 is 5.82 Å². The van der Waals surface area contributed by atoms with E-state index in [9.17, 15) is 14.3 Å². The van der Waals surface area contributed by atoms with E-state index in [1.54, 1.807) is 19.4 Å². The van der Waals surface area contributed by atoms with Gasteiger partial charge in [0.2, 0.25) is 0 Å². The number of hydrogen-bond donors (Lipinski definition) is 1. The molecular formula is C15H15FN2O2. The van der Waals surface area contributed by atoms with Crippen molar-refractivity contribution in [2.24, 2.45) is 0 Å². The standard InChI is InChI=1S/C15H15FN2O2/c1-10-8-17-6-5-11(10)9-18(2)15(20)13-4-3-12(16)7-14(13)19/h3-8,19H,9H2,1-2H3. The molecule has 104 valence electrons. The molecule has 4 nitrogen and oxygen atoms in total. The van der Waals surface area contributed by atoms with E-state index in [1.807, 2.05) is 13.0 Å². The summed E-state index contributed by atoms with van der Waals surface area (Å²) in [7, 11) is 1.63. The van der Waals surface area contributed by atoms with Gasteiger partial charge in [-0.25, -0.2) is 4.39 Å². The SMILES string of the molecule is Cc1cnccc1CN(C)C(=O)c1ccc(F)cc1O. The molecule has 1 aromatic carbocycles. The van der Waals surface area contributed by atoms with E-state index in [0.29, 0.717) is 6.54 Å². The minimum absolute atomic E-state index is 0.0839. The summed E-state index contributed by atoms with van der Waals surface area (Å²) in [5, 5.41) is 9.63. The Balaban J connectivity index is 2.19. The molecule has 20 heavy (non-hydrogen) atoms. The largest absolute Gasteiger partial charge is 0.507 e. The molecule has 0 unspecified atom stereocenters. The second kappa shape index (κ2) is 5.69. The van der Waals surface area contributed by atoms with Crippen molar-refractivity contribution in [1.29, 1.82) is 0 Å². The third-order valence-electron chi connectivity index (χ3n) is 3.08. The van der Waals surface area contributed by atoms with E-state index in [-0.39, 0.29) is 17.2 Å². The van der Waals surface area contributed by atoms with Crippen LogP contribution in [0.15, 0.2) is 36.7 Å². The van der Waals surface area contributed by atoms with Gasteiger partial charge >= 0.3 is 0 Å². The summed E-state index contributed by atoms with van der Waals surface area (Å²) >= 11 is 0. The first-order valence-corrected chi connectivity index (χ1v) is 6.12. The molecule has 1 heterocycles. The van der Waals surface area contributed by atoms with Gasteiger partial charge in [-0.05, 0) is 36.2 Å². The third-order valence-corrected chi connectivity index (χ3v) is 3.08. The van der Waals surface area contributed by atoms with Crippen molar-refractivity contribution >= 4 is 5.91 Å². The number of benzene rings is 1. The quantitative estimate of drug-likeness (QED) is 0.935. The van der Waals surface area contributed by atoms with Gasteiger partial charge in [-0.1, -0.05) is 0 Å². The van der Waals surface area contributed by atoms with Crippen LogP contribution in [0, 0.1) is 12.7 Å². The molecule has 1 aromatic heterocycles. The van der Waals surface area contributed by atoms with Crippen LogP contribution < -0.4 is 0 Å². The number of pyridine rings is 1. The molecule has 0 aliphatic rings. The van der Waals surface area contributed by atoms with Gasteiger partial charge in [0, 0.05) is 32.1 Å². The molecule has 5 heteroatoms. The fraction of sp³-hybridized carbons (Fsp3) is 0.200. The number of aryl methyl sites for hydroxylation is 1.